The number of hydrogen-bond acceptors (Lipinski definition) is 3. The molecule has 2 aliphatic heterocycles. The zero-order valence-electron chi connectivity index (χ0n) is 10.7. The fraction of sp³-hybridized carbons (Fsp3) is 0.727. The Labute approximate surface area is 113 Å². The van der Waals surface area contributed by atoms with Crippen LogP contribution in [0, 0.1) is 0 Å². The number of rotatable bonds is 0. The predicted molar refractivity (Wildman–Crippen MR) is 61.6 cm³/mol. The second-order valence-corrected chi connectivity index (χ2v) is 4.99. The summed E-state index contributed by atoms with van der Waals surface area (Å²) in [5.74, 6) is -0.795. The highest BCUT2D eigenvalue weighted by molar-refractivity contribution is 5.74. The molecule has 1 fully saturated rings. The second kappa shape index (κ2) is 4.64. The Kier molecular flexibility index (Phi) is 3.06. The van der Waals surface area contributed by atoms with E-state index in [1.165, 1.54) is 4.90 Å². The highest BCUT2D eigenvalue weighted by Gasteiger charge is 2.40. The van der Waals surface area contributed by atoms with Crippen LogP contribution in [0.4, 0.5) is 18.0 Å². The lowest BCUT2D eigenvalue weighted by Crippen LogP contribution is -2.45. The minimum atomic E-state index is -4.51. The molecule has 1 aromatic heterocycles. The van der Waals surface area contributed by atoms with Gasteiger partial charge < -0.3 is 14.4 Å². The van der Waals surface area contributed by atoms with E-state index in [0.29, 0.717) is 0 Å². The van der Waals surface area contributed by atoms with E-state index < -0.39 is 12.0 Å². The van der Waals surface area contributed by atoms with Crippen molar-refractivity contribution in [2.45, 2.75) is 32.1 Å². The first kappa shape index (κ1) is 13.2. The minimum Gasteiger partial charge on any atom is -0.325 e. The number of carbonyl (C=O) groups excluding carboxylic acids is 1. The lowest BCUT2D eigenvalue weighted by atomic mass is 10.3. The van der Waals surface area contributed by atoms with Gasteiger partial charge in [-0.1, -0.05) is 0 Å². The summed E-state index contributed by atoms with van der Waals surface area (Å²) in [6.07, 6.45) is -2.55. The number of aromatic nitrogens is 3. The summed E-state index contributed by atoms with van der Waals surface area (Å²) in [6.45, 7) is 1.85. The number of urea groups is 1. The number of nitrogens with zero attached hydrogens (tertiary/aromatic N) is 5. The van der Waals surface area contributed by atoms with Crippen molar-refractivity contribution in [2.75, 3.05) is 19.6 Å². The highest BCUT2D eigenvalue weighted by Crippen LogP contribution is 2.29. The molecule has 1 aromatic rings. The predicted octanol–water partition coefficient (Wildman–Crippen LogP) is 1.33. The van der Waals surface area contributed by atoms with Crippen LogP contribution < -0.4 is 0 Å². The van der Waals surface area contributed by atoms with Gasteiger partial charge in [0.05, 0.1) is 6.54 Å². The molecule has 0 unspecified atom stereocenters. The number of alkyl halides is 3. The molecule has 110 valence electrons. The summed E-state index contributed by atoms with van der Waals surface area (Å²) in [4.78, 5) is 15.5. The van der Waals surface area contributed by atoms with Crippen LogP contribution in [0.1, 0.15) is 24.5 Å². The molecule has 2 aliphatic rings. The van der Waals surface area contributed by atoms with Gasteiger partial charge in [0, 0.05) is 26.2 Å². The Bertz CT molecular complexity index is 521. The topological polar surface area (TPSA) is 54.3 Å². The van der Waals surface area contributed by atoms with E-state index in [1.807, 2.05) is 0 Å². The van der Waals surface area contributed by atoms with Crippen LogP contribution in [-0.4, -0.2) is 50.2 Å². The zero-order valence-corrected chi connectivity index (χ0v) is 10.7. The van der Waals surface area contributed by atoms with Crippen LogP contribution in [0.15, 0.2) is 0 Å². The van der Waals surface area contributed by atoms with Gasteiger partial charge in [0.25, 0.3) is 0 Å². The molecule has 0 radical (unpaired) electrons. The molecule has 2 amide bonds. The summed E-state index contributed by atoms with van der Waals surface area (Å²) in [6, 6.07) is -0.120. The third-order valence-corrected chi connectivity index (χ3v) is 3.65. The number of likely N-dealkylation sites (tertiary alicyclic amines) is 1. The average molecular weight is 289 g/mol. The summed E-state index contributed by atoms with van der Waals surface area (Å²) in [7, 11) is 0. The third-order valence-electron chi connectivity index (χ3n) is 3.65. The largest absolute Gasteiger partial charge is 0.451 e. The van der Waals surface area contributed by atoms with Crippen molar-refractivity contribution in [1.82, 2.24) is 24.6 Å². The van der Waals surface area contributed by atoms with Crippen molar-refractivity contribution in [1.29, 1.82) is 0 Å². The molecule has 9 heteroatoms. The first-order valence-electron chi connectivity index (χ1n) is 6.50. The summed E-state index contributed by atoms with van der Waals surface area (Å²) < 4.78 is 39.1. The smallest absolute Gasteiger partial charge is 0.325 e. The third kappa shape index (κ3) is 2.20. The van der Waals surface area contributed by atoms with Crippen LogP contribution in [0.25, 0.3) is 0 Å². The van der Waals surface area contributed by atoms with Crippen LogP contribution in [-0.2, 0) is 19.3 Å². The fourth-order valence-corrected chi connectivity index (χ4v) is 2.64. The maximum Gasteiger partial charge on any atom is 0.451 e. The minimum absolute atomic E-state index is 0.0801. The molecule has 3 heterocycles. The van der Waals surface area contributed by atoms with Gasteiger partial charge in [0.15, 0.2) is 5.82 Å². The van der Waals surface area contributed by atoms with Crippen molar-refractivity contribution >= 4 is 6.03 Å². The van der Waals surface area contributed by atoms with E-state index in [2.05, 4.69) is 10.2 Å². The lowest BCUT2D eigenvalue weighted by molar-refractivity contribution is -0.147. The highest BCUT2D eigenvalue weighted by atomic mass is 19.4. The molecule has 6 nitrogen and oxygen atoms in total. The quantitative estimate of drug-likeness (QED) is 0.724. The van der Waals surface area contributed by atoms with Gasteiger partial charge in [-0.2, -0.15) is 13.2 Å². The van der Waals surface area contributed by atoms with E-state index in [0.717, 1.165) is 30.5 Å². The molecule has 0 aromatic carbocycles. The van der Waals surface area contributed by atoms with Crippen molar-refractivity contribution in [3.05, 3.63) is 11.6 Å². The number of hydrogen-bond donors (Lipinski definition) is 0. The van der Waals surface area contributed by atoms with Gasteiger partial charge in [-0.3, -0.25) is 0 Å². The van der Waals surface area contributed by atoms with Gasteiger partial charge in [0.2, 0.25) is 5.82 Å². The molecular formula is C11H14F3N5O. The molecular weight excluding hydrogens is 275 g/mol. The molecule has 0 spiro atoms. The van der Waals surface area contributed by atoms with Crippen LogP contribution in [0.5, 0.6) is 0 Å². The van der Waals surface area contributed by atoms with Crippen molar-refractivity contribution in [3.8, 4) is 0 Å². The summed E-state index contributed by atoms with van der Waals surface area (Å²) >= 11 is 0. The fourth-order valence-electron chi connectivity index (χ4n) is 2.64. The first-order chi connectivity index (χ1) is 9.47. The normalized spacial score (nSPS) is 19.4. The Balaban J connectivity index is 1.76. The molecule has 0 saturated carbocycles. The SMILES string of the molecule is O=C(N1CCCC1)N1CCn2c(nnc2C(F)(F)F)C1. The summed E-state index contributed by atoms with van der Waals surface area (Å²) in [5.41, 5.74) is 0. The molecule has 0 bridgehead atoms. The first-order valence-corrected chi connectivity index (χ1v) is 6.50. The van der Waals surface area contributed by atoms with Crippen molar-refractivity contribution < 1.29 is 18.0 Å². The molecule has 3 rings (SSSR count). The molecule has 1 saturated heterocycles. The maximum atomic E-state index is 12.7. The molecule has 0 N–H and O–H groups in total. The number of carbonyl (C=O) groups is 1. The molecule has 0 aliphatic carbocycles. The number of fused-ring (bicyclic) bond motifs is 1. The molecule has 20 heavy (non-hydrogen) atoms. The van der Waals surface area contributed by atoms with Crippen LogP contribution in [0.2, 0.25) is 0 Å². The van der Waals surface area contributed by atoms with Crippen LogP contribution >= 0.6 is 0 Å². The van der Waals surface area contributed by atoms with Gasteiger partial charge in [-0.25, -0.2) is 4.79 Å². The standard InChI is InChI=1S/C11H14F3N5O/c12-11(13,14)9-16-15-8-7-18(5-6-19(8)9)10(20)17-3-1-2-4-17/h1-7H2. The Morgan fingerprint density at radius 2 is 1.70 bits per heavy atom. The number of halogens is 3. The zero-order chi connectivity index (χ0) is 14.3. The van der Waals surface area contributed by atoms with E-state index in [1.54, 1.807) is 4.90 Å². The van der Waals surface area contributed by atoms with Crippen molar-refractivity contribution in [3.63, 3.8) is 0 Å². The Morgan fingerprint density at radius 3 is 2.35 bits per heavy atom. The van der Waals surface area contributed by atoms with Crippen LogP contribution in [0.3, 0.4) is 0 Å². The van der Waals surface area contributed by atoms with Gasteiger partial charge in [-0.05, 0) is 12.8 Å². The van der Waals surface area contributed by atoms with Crippen molar-refractivity contribution in [2.24, 2.45) is 0 Å². The average Bonchev–Trinajstić information content (AvgIpc) is 3.05. The lowest BCUT2D eigenvalue weighted by Gasteiger charge is -2.31. The maximum absolute atomic E-state index is 12.7. The van der Waals surface area contributed by atoms with Gasteiger partial charge in [-0.15, -0.1) is 10.2 Å². The number of amides is 2. The van der Waals surface area contributed by atoms with Gasteiger partial charge in [0.1, 0.15) is 0 Å². The van der Waals surface area contributed by atoms with E-state index in [9.17, 15) is 18.0 Å². The van der Waals surface area contributed by atoms with E-state index in [-0.39, 0.29) is 31.5 Å². The second-order valence-electron chi connectivity index (χ2n) is 4.99. The molecule has 0 atom stereocenters. The monoisotopic (exact) mass is 289 g/mol. The Morgan fingerprint density at radius 1 is 1.00 bits per heavy atom. The summed E-state index contributed by atoms with van der Waals surface area (Å²) in [5, 5.41) is 6.76. The van der Waals surface area contributed by atoms with E-state index >= 15 is 0 Å². The van der Waals surface area contributed by atoms with Gasteiger partial charge >= 0.3 is 12.2 Å². The van der Waals surface area contributed by atoms with E-state index in [4.69, 9.17) is 0 Å². The Hall–Kier alpha value is -1.80.